The van der Waals surface area contributed by atoms with Crippen LogP contribution < -0.4 is 0 Å². The molecular formula is C28H44O. The van der Waals surface area contributed by atoms with Crippen LogP contribution >= 0.6 is 0 Å². The first-order valence-corrected chi connectivity index (χ1v) is 12.4. The number of rotatable bonds is 4. The highest BCUT2D eigenvalue weighted by atomic mass is 16.3. The van der Waals surface area contributed by atoms with Crippen LogP contribution in [-0.2, 0) is 0 Å². The third-order valence-electron chi connectivity index (χ3n) is 10.0. The van der Waals surface area contributed by atoms with Crippen molar-refractivity contribution in [3.8, 4) is 0 Å². The fourth-order valence-electron chi connectivity index (χ4n) is 7.59. The van der Waals surface area contributed by atoms with Crippen LogP contribution in [-0.4, -0.2) is 11.2 Å². The molecule has 4 aliphatic rings. The molecule has 0 heterocycles. The van der Waals surface area contributed by atoms with Gasteiger partial charge in [0.1, 0.15) is 0 Å². The number of aliphatic hydroxyl groups is 1. The van der Waals surface area contributed by atoms with Crippen LogP contribution in [0.3, 0.4) is 0 Å². The molecule has 0 amide bonds. The Morgan fingerprint density at radius 1 is 0.931 bits per heavy atom. The van der Waals surface area contributed by atoms with E-state index in [-0.39, 0.29) is 6.10 Å². The highest BCUT2D eigenvalue weighted by Crippen LogP contribution is 2.65. The van der Waals surface area contributed by atoms with E-state index in [4.69, 9.17) is 0 Å². The molecule has 4 rings (SSSR count). The van der Waals surface area contributed by atoms with Gasteiger partial charge in [-0.25, -0.2) is 0 Å². The van der Waals surface area contributed by atoms with E-state index in [2.05, 4.69) is 65.8 Å². The highest BCUT2D eigenvalue weighted by molar-refractivity contribution is 5.39. The van der Waals surface area contributed by atoms with Crippen molar-refractivity contribution in [1.29, 1.82) is 0 Å². The molecule has 162 valence electrons. The zero-order chi connectivity index (χ0) is 21.0. The van der Waals surface area contributed by atoms with Crippen LogP contribution in [0.25, 0.3) is 0 Å². The van der Waals surface area contributed by atoms with Gasteiger partial charge in [-0.15, -0.1) is 0 Å². The van der Waals surface area contributed by atoms with Gasteiger partial charge >= 0.3 is 0 Å². The summed E-state index contributed by atoms with van der Waals surface area (Å²) in [5.41, 5.74) is 4.07. The van der Waals surface area contributed by atoms with Crippen molar-refractivity contribution >= 4 is 0 Å². The number of hydrogen-bond donors (Lipinski definition) is 1. The molecule has 1 heteroatoms. The van der Waals surface area contributed by atoms with Crippen LogP contribution in [0.4, 0.5) is 0 Å². The normalized spacial score (nSPS) is 44.0. The number of aliphatic hydroxyl groups excluding tert-OH is 1. The average Bonchev–Trinajstić information content (AvgIpc) is 3.03. The topological polar surface area (TPSA) is 20.2 Å². The first kappa shape index (κ1) is 21.4. The molecular weight excluding hydrogens is 352 g/mol. The van der Waals surface area contributed by atoms with Gasteiger partial charge in [-0.3, -0.25) is 0 Å². The van der Waals surface area contributed by atoms with Crippen LogP contribution in [0.5, 0.6) is 0 Å². The van der Waals surface area contributed by atoms with Crippen molar-refractivity contribution in [3.63, 3.8) is 0 Å². The summed E-state index contributed by atoms with van der Waals surface area (Å²) in [6.45, 7) is 14.6. The van der Waals surface area contributed by atoms with Gasteiger partial charge in [-0.2, -0.15) is 0 Å². The molecule has 0 unspecified atom stereocenters. The lowest BCUT2D eigenvalue weighted by Crippen LogP contribution is -2.46. The molecule has 1 N–H and O–H groups in total. The molecule has 0 spiro atoms. The van der Waals surface area contributed by atoms with E-state index < -0.39 is 0 Å². The zero-order valence-corrected chi connectivity index (χ0v) is 19.7. The summed E-state index contributed by atoms with van der Waals surface area (Å²) >= 11 is 0. The third kappa shape index (κ3) is 3.50. The fourth-order valence-corrected chi connectivity index (χ4v) is 7.59. The maximum absolute atomic E-state index is 10.2. The summed E-state index contributed by atoms with van der Waals surface area (Å²) in [7, 11) is 0. The Hall–Kier alpha value is -0.820. The van der Waals surface area contributed by atoms with Gasteiger partial charge < -0.3 is 5.11 Å². The van der Waals surface area contributed by atoms with Crippen molar-refractivity contribution in [2.24, 2.45) is 46.3 Å². The van der Waals surface area contributed by atoms with E-state index in [0.717, 1.165) is 36.5 Å². The van der Waals surface area contributed by atoms with E-state index in [1.807, 2.05) is 0 Å². The maximum atomic E-state index is 10.2. The first-order chi connectivity index (χ1) is 13.7. The molecule has 29 heavy (non-hydrogen) atoms. The lowest BCUT2D eigenvalue weighted by molar-refractivity contribution is 0.0382. The van der Waals surface area contributed by atoms with E-state index in [9.17, 15) is 5.11 Å². The highest BCUT2D eigenvalue weighted by Gasteiger charge is 2.56. The lowest BCUT2D eigenvalue weighted by atomic mass is 9.50. The van der Waals surface area contributed by atoms with E-state index >= 15 is 0 Å². The van der Waals surface area contributed by atoms with Crippen molar-refractivity contribution in [2.45, 2.75) is 92.6 Å². The second-order valence-electron chi connectivity index (χ2n) is 11.9. The largest absolute Gasteiger partial charge is 0.393 e. The molecule has 8 atom stereocenters. The minimum Gasteiger partial charge on any atom is -0.393 e. The van der Waals surface area contributed by atoms with E-state index in [0.29, 0.717) is 22.7 Å². The Kier molecular flexibility index (Phi) is 5.69. The molecule has 0 aromatic heterocycles. The molecule has 0 saturated heterocycles. The summed E-state index contributed by atoms with van der Waals surface area (Å²) in [5.74, 6) is 4.38. The summed E-state index contributed by atoms with van der Waals surface area (Å²) < 4.78 is 0. The molecule has 0 aromatic rings. The smallest absolute Gasteiger partial charge is 0.0578 e. The molecule has 0 bridgehead atoms. The standard InChI is InChI=1S/C28H44O/c1-18(2)19(3)7-8-20(4)24-11-12-25-23-10-9-21-17-22(29)13-15-27(21,5)26(23)14-16-28(24,25)6/h7-10,18-20,22,24-26,29H,11-17H2,1-6H3/b8-7-/t19-,20-,22+,24-,25+,26+,27-,28-/m0/s1. The summed E-state index contributed by atoms with van der Waals surface area (Å²) in [5, 5.41) is 10.2. The Labute approximate surface area is 179 Å². The van der Waals surface area contributed by atoms with Gasteiger partial charge in [0.15, 0.2) is 0 Å². The quantitative estimate of drug-likeness (QED) is 0.493. The zero-order valence-electron chi connectivity index (χ0n) is 19.7. The molecule has 0 radical (unpaired) electrons. The molecule has 0 aliphatic heterocycles. The van der Waals surface area contributed by atoms with Gasteiger partial charge in [0.2, 0.25) is 0 Å². The van der Waals surface area contributed by atoms with Crippen molar-refractivity contribution in [3.05, 3.63) is 35.5 Å². The maximum Gasteiger partial charge on any atom is 0.0578 e. The summed E-state index contributed by atoms with van der Waals surface area (Å²) in [4.78, 5) is 0. The van der Waals surface area contributed by atoms with E-state index in [1.165, 1.54) is 37.7 Å². The summed E-state index contributed by atoms with van der Waals surface area (Å²) in [6, 6.07) is 0. The fraction of sp³-hybridized carbons (Fsp3) is 0.786. The predicted molar refractivity (Wildman–Crippen MR) is 123 cm³/mol. The summed E-state index contributed by atoms with van der Waals surface area (Å²) in [6.07, 6.45) is 18.4. The van der Waals surface area contributed by atoms with Gasteiger partial charge in [0.05, 0.1) is 6.10 Å². The Morgan fingerprint density at radius 3 is 2.41 bits per heavy atom. The van der Waals surface area contributed by atoms with Gasteiger partial charge in [0, 0.05) is 0 Å². The Bertz CT molecular complexity index is 712. The van der Waals surface area contributed by atoms with E-state index in [1.54, 1.807) is 5.57 Å². The second-order valence-corrected chi connectivity index (χ2v) is 11.9. The molecule has 4 aliphatic carbocycles. The molecule has 1 nitrogen and oxygen atoms in total. The van der Waals surface area contributed by atoms with Crippen LogP contribution in [0.15, 0.2) is 35.5 Å². The second kappa shape index (κ2) is 7.70. The Morgan fingerprint density at radius 2 is 1.69 bits per heavy atom. The first-order valence-electron chi connectivity index (χ1n) is 12.4. The van der Waals surface area contributed by atoms with Crippen molar-refractivity contribution in [1.82, 2.24) is 0 Å². The Balaban J connectivity index is 1.57. The van der Waals surface area contributed by atoms with Crippen molar-refractivity contribution < 1.29 is 5.11 Å². The third-order valence-corrected chi connectivity index (χ3v) is 10.0. The minimum absolute atomic E-state index is 0.116. The number of hydrogen-bond acceptors (Lipinski definition) is 1. The van der Waals surface area contributed by atoms with Crippen LogP contribution in [0.1, 0.15) is 86.5 Å². The van der Waals surface area contributed by atoms with Gasteiger partial charge in [0.25, 0.3) is 0 Å². The SMILES string of the molecule is CC(C)[C@@H](C)/C=C\[C@H](C)[C@@H]1CC[C@@H]2C3=CC=C4C[C@H](O)CC[C@]4(C)[C@@H]3CC[C@]21C. The van der Waals surface area contributed by atoms with Crippen molar-refractivity contribution in [2.75, 3.05) is 0 Å². The average molecular weight is 397 g/mol. The lowest BCUT2D eigenvalue weighted by Gasteiger charge is -2.55. The molecule has 3 fully saturated rings. The van der Waals surface area contributed by atoms with Gasteiger partial charge in [-0.05, 0) is 91.3 Å². The minimum atomic E-state index is -0.116. The van der Waals surface area contributed by atoms with Gasteiger partial charge in [-0.1, -0.05) is 77.0 Å². The van der Waals surface area contributed by atoms with Crippen LogP contribution in [0.2, 0.25) is 0 Å². The monoisotopic (exact) mass is 396 g/mol. The van der Waals surface area contributed by atoms with Crippen LogP contribution in [0, 0.1) is 46.3 Å². The molecule has 3 saturated carbocycles. The number of fused-ring (bicyclic) bond motifs is 5. The number of allylic oxidation sites excluding steroid dienone is 5. The molecule has 0 aromatic carbocycles. The predicted octanol–water partition coefficient (Wildman–Crippen LogP) is 7.33.